The summed E-state index contributed by atoms with van der Waals surface area (Å²) < 4.78 is 11.3. The zero-order chi connectivity index (χ0) is 9.10. The molecule has 1 heterocycles. The summed E-state index contributed by atoms with van der Waals surface area (Å²) in [7, 11) is 0. The summed E-state index contributed by atoms with van der Waals surface area (Å²) in [5, 5.41) is 0. The van der Waals surface area contributed by atoms with E-state index in [1.165, 1.54) is 25.7 Å². The standard InChI is InChI=1S/C10H17BrO2/c11-9-3-1-2-4-10(9)13-8-5-6-12-7-8/h8-10H,1-7H2. The normalized spacial score (nSPS) is 40.8. The number of hydrogen-bond donors (Lipinski definition) is 0. The fraction of sp³-hybridized carbons (Fsp3) is 1.00. The van der Waals surface area contributed by atoms with Crippen LogP contribution in [0.2, 0.25) is 0 Å². The van der Waals surface area contributed by atoms with Crippen molar-refractivity contribution in [2.45, 2.75) is 49.1 Å². The summed E-state index contributed by atoms with van der Waals surface area (Å²) in [4.78, 5) is 0.571. The molecular weight excluding hydrogens is 232 g/mol. The highest BCUT2D eigenvalue weighted by Gasteiger charge is 2.27. The summed E-state index contributed by atoms with van der Waals surface area (Å²) in [5.41, 5.74) is 0. The molecular formula is C10H17BrO2. The van der Waals surface area contributed by atoms with Crippen molar-refractivity contribution >= 4 is 15.9 Å². The van der Waals surface area contributed by atoms with Gasteiger partial charge in [-0.1, -0.05) is 28.8 Å². The van der Waals surface area contributed by atoms with E-state index in [1.54, 1.807) is 0 Å². The van der Waals surface area contributed by atoms with Crippen molar-refractivity contribution in [1.82, 2.24) is 0 Å². The third kappa shape index (κ3) is 2.67. The van der Waals surface area contributed by atoms with Gasteiger partial charge in [-0.3, -0.25) is 0 Å². The maximum absolute atomic E-state index is 5.99. The molecule has 1 aliphatic carbocycles. The first-order valence-corrected chi connectivity index (χ1v) is 6.15. The van der Waals surface area contributed by atoms with E-state index in [2.05, 4.69) is 15.9 Å². The van der Waals surface area contributed by atoms with E-state index in [9.17, 15) is 0 Å². The lowest BCUT2D eigenvalue weighted by Crippen LogP contribution is -2.32. The van der Waals surface area contributed by atoms with Crippen molar-refractivity contribution in [3.63, 3.8) is 0 Å². The summed E-state index contributed by atoms with van der Waals surface area (Å²) in [6.07, 6.45) is 7.02. The van der Waals surface area contributed by atoms with E-state index in [-0.39, 0.29) is 0 Å². The van der Waals surface area contributed by atoms with Crippen LogP contribution in [0.15, 0.2) is 0 Å². The molecule has 2 nitrogen and oxygen atoms in total. The molecule has 2 fully saturated rings. The number of ether oxygens (including phenoxy) is 2. The summed E-state index contributed by atoms with van der Waals surface area (Å²) in [5.74, 6) is 0. The van der Waals surface area contributed by atoms with Gasteiger partial charge in [-0.05, 0) is 19.3 Å². The Labute approximate surface area is 88.1 Å². The minimum absolute atomic E-state index is 0.364. The lowest BCUT2D eigenvalue weighted by Gasteiger charge is -2.29. The van der Waals surface area contributed by atoms with Gasteiger partial charge in [0, 0.05) is 11.4 Å². The number of alkyl halides is 1. The van der Waals surface area contributed by atoms with Gasteiger partial charge in [-0.2, -0.15) is 0 Å². The summed E-state index contributed by atoms with van der Waals surface area (Å²) >= 11 is 3.70. The van der Waals surface area contributed by atoms with Crippen molar-refractivity contribution in [2.24, 2.45) is 0 Å². The van der Waals surface area contributed by atoms with Crippen LogP contribution >= 0.6 is 15.9 Å². The van der Waals surface area contributed by atoms with Crippen LogP contribution in [0, 0.1) is 0 Å². The molecule has 0 spiro atoms. The Hall–Kier alpha value is 0.400. The minimum Gasteiger partial charge on any atom is -0.379 e. The Kier molecular flexibility index (Phi) is 3.64. The molecule has 76 valence electrons. The predicted octanol–water partition coefficient (Wildman–Crippen LogP) is 2.50. The maximum atomic E-state index is 5.99. The first-order chi connectivity index (χ1) is 6.36. The van der Waals surface area contributed by atoms with Gasteiger partial charge in [-0.25, -0.2) is 0 Å². The Morgan fingerprint density at radius 1 is 1.15 bits per heavy atom. The molecule has 2 aliphatic rings. The number of rotatable bonds is 2. The third-order valence-electron chi connectivity index (χ3n) is 2.88. The van der Waals surface area contributed by atoms with E-state index in [4.69, 9.17) is 9.47 Å². The first-order valence-electron chi connectivity index (χ1n) is 5.23. The highest BCUT2D eigenvalue weighted by Crippen LogP contribution is 2.28. The van der Waals surface area contributed by atoms with Crippen molar-refractivity contribution < 1.29 is 9.47 Å². The highest BCUT2D eigenvalue weighted by molar-refractivity contribution is 9.09. The molecule has 1 aliphatic heterocycles. The average molecular weight is 249 g/mol. The molecule has 2 rings (SSSR count). The molecule has 3 heteroatoms. The van der Waals surface area contributed by atoms with Gasteiger partial charge in [0.25, 0.3) is 0 Å². The van der Waals surface area contributed by atoms with E-state index in [0.29, 0.717) is 17.0 Å². The van der Waals surface area contributed by atoms with Crippen LogP contribution < -0.4 is 0 Å². The number of halogens is 1. The van der Waals surface area contributed by atoms with Gasteiger partial charge in [-0.15, -0.1) is 0 Å². The zero-order valence-electron chi connectivity index (χ0n) is 7.88. The summed E-state index contributed by atoms with van der Waals surface area (Å²) in [6, 6.07) is 0. The molecule has 0 aromatic heterocycles. The molecule has 3 atom stereocenters. The molecule has 0 aromatic rings. The molecule has 0 bridgehead atoms. The van der Waals surface area contributed by atoms with Crippen LogP contribution in [-0.4, -0.2) is 30.2 Å². The average Bonchev–Trinajstić information content (AvgIpc) is 2.61. The van der Waals surface area contributed by atoms with Crippen LogP contribution in [-0.2, 0) is 9.47 Å². The van der Waals surface area contributed by atoms with Crippen molar-refractivity contribution in [3.05, 3.63) is 0 Å². The SMILES string of the molecule is BrC1CCCCC1OC1CCOC1. The predicted molar refractivity (Wildman–Crippen MR) is 55.3 cm³/mol. The Bertz CT molecular complexity index is 157. The second kappa shape index (κ2) is 4.76. The maximum Gasteiger partial charge on any atom is 0.0834 e. The molecule has 0 N–H and O–H groups in total. The van der Waals surface area contributed by atoms with Crippen LogP contribution in [0.3, 0.4) is 0 Å². The van der Waals surface area contributed by atoms with Crippen molar-refractivity contribution in [2.75, 3.05) is 13.2 Å². The Morgan fingerprint density at radius 3 is 2.69 bits per heavy atom. The molecule has 0 amide bonds. The topological polar surface area (TPSA) is 18.5 Å². The largest absolute Gasteiger partial charge is 0.379 e. The van der Waals surface area contributed by atoms with Crippen molar-refractivity contribution in [1.29, 1.82) is 0 Å². The molecule has 0 aromatic carbocycles. The molecule has 1 saturated heterocycles. The lowest BCUT2D eigenvalue weighted by atomic mass is 9.97. The van der Waals surface area contributed by atoms with Gasteiger partial charge in [0.15, 0.2) is 0 Å². The smallest absolute Gasteiger partial charge is 0.0834 e. The second-order valence-corrected chi connectivity index (χ2v) is 5.14. The Balaban J connectivity index is 1.78. The van der Waals surface area contributed by atoms with Crippen LogP contribution in [0.1, 0.15) is 32.1 Å². The van der Waals surface area contributed by atoms with Crippen LogP contribution in [0.4, 0.5) is 0 Å². The monoisotopic (exact) mass is 248 g/mol. The minimum atomic E-state index is 0.364. The third-order valence-corrected chi connectivity index (χ3v) is 3.92. The van der Waals surface area contributed by atoms with Crippen LogP contribution in [0.25, 0.3) is 0 Å². The second-order valence-electron chi connectivity index (χ2n) is 3.96. The highest BCUT2D eigenvalue weighted by atomic mass is 79.9. The summed E-state index contributed by atoms with van der Waals surface area (Å²) in [6.45, 7) is 1.68. The quantitative estimate of drug-likeness (QED) is 0.700. The van der Waals surface area contributed by atoms with Gasteiger partial charge in [0.2, 0.25) is 0 Å². The van der Waals surface area contributed by atoms with E-state index in [0.717, 1.165) is 19.6 Å². The molecule has 13 heavy (non-hydrogen) atoms. The number of hydrogen-bond acceptors (Lipinski definition) is 2. The molecule has 0 radical (unpaired) electrons. The fourth-order valence-electron chi connectivity index (χ4n) is 2.07. The lowest BCUT2D eigenvalue weighted by molar-refractivity contribution is -0.0275. The van der Waals surface area contributed by atoms with Crippen molar-refractivity contribution in [3.8, 4) is 0 Å². The molecule has 3 unspecified atom stereocenters. The van der Waals surface area contributed by atoms with E-state index in [1.807, 2.05) is 0 Å². The Morgan fingerprint density at radius 2 is 2.00 bits per heavy atom. The first kappa shape index (κ1) is 9.94. The van der Waals surface area contributed by atoms with Gasteiger partial charge in [0.05, 0.1) is 18.8 Å². The van der Waals surface area contributed by atoms with Crippen LogP contribution in [0.5, 0.6) is 0 Å². The zero-order valence-corrected chi connectivity index (χ0v) is 9.46. The van der Waals surface area contributed by atoms with E-state index >= 15 is 0 Å². The van der Waals surface area contributed by atoms with Gasteiger partial charge < -0.3 is 9.47 Å². The van der Waals surface area contributed by atoms with Gasteiger partial charge >= 0.3 is 0 Å². The molecule has 1 saturated carbocycles. The van der Waals surface area contributed by atoms with Gasteiger partial charge in [0.1, 0.15) is 0 Å². The fourth-order valence-corrected chi connectivity index (χ4v) is 2.78. The van der Waals surface area contributed by atoms with E-state index < -0.39 is 0 Å².